The molecule has 128 valence electrons. The van der Waals surface area contributed by atoms with Gasteiger partial charge in [-0.2, -0.15) is 4.52 Å². The lowest BCUT2D eigenvalue weighted by molar-refractivity contribution is 0.425. The molecule has 3 aromatic heterocycles. The average Bonchev–Trinajstić information content (AvgIpc) is 2.85. The molecule has 3 heterocycles. The van der Waals surface area contributed by atoms with Crippen molar-refractivity contribution in [3.05, 3.63) is 29.1 Å². The van der Waals surface area contributed by atoms with Crippen molar-refractivity contribution < 1.29 is 0 Å². The highest BCUT2D eigenvalue weighted by Crippen LogP contribution is 2.25. The van der Waals surface area contributed by atoms with Crippen LogP contribution in [0.5, 0.6) is 0 Å². The molecule has 6 heteroatoms. The minimum Gasteiger partial charge on any atom is -0.369 e. The maximum absolute atomic E-state index is 4.86. The Hall–Kier alpha value is -2.21. The molecule has 0 radical (unpaired) electrons. The Morgan fingerprint density at radius 2 is 1.96 bits per heavy atom. The van der Waals surface area contributed by atoms with Gasteiger partial charge in [-0.05, 0) is 46.0 Å². The van der Waals surface area contributed by atoms with Crippen LogP contribution < -0.4 is 5.32 Å². The summed E-state index contributed by atoms with van der Waals surface area (Å²) in [6.45, 7) is 8.10. The quantitative estimate of drug-likeness (QED) is 0.755. The van der Waals surface area contributed by atoms with Gasteiger partial charge >= 0.3 is 0 Å². The van der Waals surface area contributed by atoms with Gasteiger partial charge in [0.2, 0.25) is 0 Å². The largest absolute Gasteiger partial charge is 0.369 e. The molecule has 0 aliphatic heterocycles. The molecule has 24 heavy (non-hydrogen) atoms. The summed E-state index contributed by atoms with van der Waals surface area (Å²) in [5, 5.41) is 9.26. The summed E-state index contributed by atoms with van der Waals surface area (Å²) >= 11 is 0. The predicted molar refractivity (Wildman–Crippen MR) is 98.8 cm³/mol. The predicted octanol–water partition coefficient (Wildman–Crippen LogP) is 2.82. The van der Waals surface area contributed by atoms with E-state index in [1.54, 1.807) is 0 Å². The molecule has 0 aromatic carbocycles. The molecule has 0 atom stereocenters. The zero-order chi connectivity index (χ0) is 17.3. The van der Waals surface area contributed by atoms with E-state index in [2.05, 4.69) is 55.3 Å². The molecule has 0 saturated carbocycles. The van der Waals surface area contributed by atoms with Gasteiger partial charge in [-0.15, -0.1) is 5.10 Å². The van der Waals surface area contributed by atoms with Crippen LogP contribution in [-0.4, -0.2) is 51.7 Å². The fourth-order valence-electron chi connectivity index (χ4n) is 2.99. The number of aryl methyl sites for hydroxylation is 3. The van der Waals surface area contributed by atoms with Gasteiger partial charge in [-0.1, -0.05) is 13.3 Å². The molecule has 0 bridgehead atoms. The lowest BCUT2D eigenvalue weighted by Gasteiger charge is -2.13. The summed E-state index contributed by atoms with van der Waals surface area (Å²) in [5.41, 5.74) is 4.92. The molecular weight excluding hydrogens is 300 g/mol. The Kier molecular flexibility index (Phi) is 4.66. The average molecular weight is 326 g/mol. The van der Waals surface area contributed by atoms with Crippen LogP contribution in [0.1, 0.15) is 30.3 Å². The van der Waals surface area contributed by atoms with Crippen LogP contribution in [0.15, 0.2) is 12.1 Å². The van der Waals surface area contributed by atoms with Gasteiger partial charge in [-0.25, -0.2) is 9.97 Å². The lowest BCUT2D eigenvalue weighted by atomic mass is 10.2. The van der Waals surface area contributed by atoms with E-state index in [-0.39, 0.29) is 0 Å². The molecule has 0 amide bonds. The summed E-state index contributed by atoms with van der Waals surface area (Å²) in [4.78, 5) is 11.6. The van der Waals surface area contributed by atoms with E-state index in [1.165, 1.54) is 5.56 Å². The highest BCUT2D eigenvalue weighted by Gasteiger charge is 2.15. The number of anilines is 1. The Morgan fingerprint density at radius 3 is 2.67 bits per heavy atom. The van der Waals surface area contributed by atoms with Crippen molar-refractivity contribution in [2.24, 2.45) is 0 Å². The molecule has 0 saturated heterocycles. The third-order valence-electron chi connectivity index (χ3n) is 4.10. The molecule has 0 unspecified atom stereocenters. The first-order chi connectivity index (χ1) is 11.5. The second kappa shape index (κ2) is 6.73. The Bertz CT molecular complexity index is 865. The van der Waals surface area contributed by atoms with E-state index < -0.39 is 0 Å². The first-order valence-electron chi connectivity index (χ1n) is 8.54. The molecule has 0 fully saturated rings. The van der Waals surface area contributed by atoms with Gasteiger partial charge in [0, 0.05) is 30.5 Å². The minimum absolute atomic E-state index is 0.768. The molecule has 3 aromatic rings. The number of rotatable bonds is 6. The van der Waals surface area contributed by atoms with Crippen molar-refractivity contribution in [3.8, 4) is 0 Å². The van der Waals surface area contributed by atoms with Gasteiger partial charge in [0.15, 0.2) is 11.3 Å². The summed E-state index contributed by atoms with van der Waals surface area (Å²) in [6, 6.07) is 4.21. The first-order valence-corrected chi connectivity index (χ1v) is 8.54. The highest BCUT2D eigenvalue weighted by molar-refractivity contribution is 5.93. The Morgan fingerprint density at radius 1 is 1.17 bits per heavy atom. The molecular formula is C18H26N6. The van der Waals surface area contributed by atoms with Crippen LogP contribution in [0.3, 0.4) is 0 Å². The number of aromatic nitrogens is 4. The third kappa shape index (κ3) is 3.19. The second-order valence-corrected chi connectivity index (χ2v) is 6.63. The first kappa shape index (κ1) is 16.6. The normalized spacial score (nSPS) is 11.8. The van der Waals surface area contributed by atoms with E-state index in [0.29, 0.717) is 0 Å². The maximum Gasteiger partial charge on any atom is 0.184 e. The molecule has 0 aliphatic rings. The number of nitrogens with zero attached hydrogens (tertiary/aromatic N) is 5. The van der Waals surface area contributed by atoms with Gasteiger partial charge < -0.3 is 10.2 Å². The van der Waals surface area contributed by atoms with Crippen LogP contribution in [0.4, 0.5) is 5.82 Å². The molecule has 0 spiro atoms. The van der Waals surface area contributed by atoms with Crippen LogP contribution in [0.2, 0.25) is 0 Å². The maximum atomic E-state index is 4.86. The molecule has 0 aliphatic carbocycles. The molecule has 3 rings (SSSR count). The zero-order valence-corrected chi connectivity index (χ0v) is 15.2. The zero-order valence-electron chi connectivity index (χ0n) is 15.2. The number of pyridine rings is 1. The fraction of sp³-hybridized carbons (Fsp3) is 0.500. The number of fused-ring (bicyclic) bond motifs is 3. The Balaban J connectivity index is 2.15. The summed E-state index contributed by atoms with van der Waals surface area (Å²) < 4.78 is 1.90. The number of hydrogen-bond donors (Lipinski definition) is 1. The fourth-order valence-corrected chi connectivity index (χ4v) is 2.99. The van der Waals surface area contributed by atoms with Gasteiger partial charge in [0.05, 0.1) is 5.39 Å². The topological polar surface area (TPSA) is 58.4 Å². The van der Waals surface area contributed by atoms with Crippen molar-refractivity contribution in [3.63, 3.8) is 0 Å². The van der Waals surface area contributed by atoms with E-state index in [4.69, 9.17) is 10.1 Å². The minimum atomic E-state index is 0.768. The van der Waals surface area contributed by atoms with Crippen LogP contribution >= 0.6 is 0 Å². The standard InChI is InChI=1S/C18H26N6/c1-6-7-14-11-15(19-8-9-23(4)5)24-18(21-14)16-12(2)10-13(3)20-17(16)22-24/h10-11,19H,6-9H2,1-5H3. The van der Waals surface area contributed by atoms with Gasteiger partial charge in [-0.3, -0.25) is 0 Å². The number of nitrogens with one attached hydrogen (secondary N) is 1. The summed E-state index contributed by atoms with van der Waals surface area (Å²) in [7, 11) is 4.15. The van der Waals surface area contributed by atoms with Gasteiger partial charge in [0.1, 0.15) is 5.82 Å². The van der Waals surface area contributed by atoms with Crippen molar-refractivity contribution in [2.45, 2.75) is 33.6 Å². The lowest BCUT2D eigenvalue weighted by Crippen LogP contribution is -2.22. The van der Waals surface area contributed by atoms with E-state index in [1.807, 2.05) is 11.4 Å². The Labute approximate surface area is 142 Å². The van der Waals surface area contributed by atoms with Crippen LogP contribution in [0.25, 0.3) is 16.7 Å². The third-order valence-corrected chi connectivity index (χ3v) is 4.10. The van der Waals surface area contributed by atoms with Gasteiger partial charge in [0.25, 0.3) is 0 Å². The monoisotopic (exact) mass is 326 g/mol. The van der Waals surface area contributed by atoms with Crippen molar-refractivity contribution >= 4 is 22.5 Å². The van der Waals surface area contributed by atoms with Crippen LogP contribution in [0, 0.1) is 13.8 Å². The van der Waals surface area contributed by atoms with E-state index in [0.717, 1.165) is 59.8 Å². The van der Waals surface area contributed by atoms with E-state index >= 15 is 0 Å². The molecule has 1 N–H and O–H groups in total. The highest BCUT2D eigenvalue weighted by atomic mass is 15.3. The number of likely N-dealkylation sites (N-methyl/N-ethyl adjacent to an activating group) is 1. The second-order valence-electron chi connectivity index (χ2n) is 6.63. The summed E-state index contributed by atoms with van der Waals surface area (Å²) in [6.07, 6.45) is 2.03. The number of hydrogen-bond acceptors (Lipinski definition) is 5. The molecule has 6 nitrogen and oxygen atoms in total. The van der Waals surface area contributed by atoms with Crippen molar-refractivity contribution in [1.29, 1.82) is 0 Å². The van der Waals surface area contributed by atoms with Crippen LogP contribution in [-0.2, 0) is 6.42 Å². The van der Waals surface area contributed by atoms with Crippen molar-refractivity contribution in [2.75, 3.05) is 32.5 Å². The SMILES string of the molecule is CCCc1cc(NCCN(C)C)n2nc3nc(C)cc(C)c3c2n1. The smallest absolute Gasteiger partial charge is 0.184 e. The van der Waals surface area contributed by atoms with E-state index in [9.17, 15) is 0 Å². The van der Waals surface area contributed by atoms with Crippen molar-refractivity contribution in [1.82, 2.24) is 24.5 Å². The summed E-state index contributed by atoms with van der Waals surface area (Å²) in [5.74, 6) is 0.986.